The Morgan fingerprint density at radius 2 is 1.00 bits per heavy atom. The lowest BCUT2D eigenvalue weighted by atomic mass is 10.1. The van der Waals surface area contributed by atoms with Gasteiger partial charge in [0.1, 0.15) is 0 Å². The number of nitrogens with two attached hydrogens (primary N) is 5. The number of rotatable bonds is 8. The molecule has 0 bridgehead atoms. The van der Waals surface area contributed by atoms with Gasteiger partial charge in [-0.15, -0.1) is 0 Å². The van der Waals surface area contributed by atoms with Gasteiger partial charge in [0.25, 0.3) is 0 Å². The Labute approximate surface area is 177 Å². The van der Waals surface area contributed by atoms with Crippen molar-refractivity contribution in [3.63, 3.8) is 0 Å². The Bertz CT molecular complexity index is 427. The summed E-state index contributed by atoms with van der Waals surface area (Å²) in [5.41, 5.74) is 24.7. The molecule has 10 nitrogen and oxygen atoms in total. The second-order valence-electron chi connectivity index (χ2n) is 6.59. The quantitative estimate of drug-likeness (QED) is 0.211. The van der Waals surface area contributed by atoms with Crippen molar-refractivity contribution in [2.24, 2.45) is 34.6 Å². The van der Waals surface area contributed by atoms with E-state index in [2.05, 4.69) is 6.92 Å². The zero-order valence-corrected chi connectivity index (χ0v) is 19.4. The summed E-state index contributed by atoms with van der Waals surface area (Å²) in [7, 11) is 0. The van der Waals surface area contributed by atoms with Gasteiger partial charge in [0.2, 0.25) is 0 Å². The largest absolute Gasteiger partial charge is 0.388 e. The van der Waals surface area contributed by atoms with Crippen molar-refractivity contribution in [2.45, 2.75) is 86.5 Å². The fraction of sp³-hybridized carbons (Fsp3) is 0.737. The lowest BCUT2D eigenvalue weighted by Gasteiger charge is -1.98. The van der Waals surface area contributed by atoms with Crippen LogP contribution in [0.1, 0.15) is 86.5 Å². The zero-order chi connectivity index (χ0) is 24.4. The van der Waals surface area contributed by atoms with Gasteiger partial charge in [-0.3, -0.25) is 27.0 Å². The van der Waals surface area contributed by atoms with Gasteiger partial charge in [-0.1, -0.05) is 41.0 Å². The van der Waals surface area contributed by atoms with Gasteiger partial charge in [0, 0.05) is 25.7 Å². The SMILES string of the molecule is CC(=N)N.CC(C)CC(=N)N.CCC(=N)N.CCCC(=N)N.CCCCC(=N)N. The van der Waals surface area contributed by atoms with Crippen LogP contribution in [0.4, 0.5) is 0 Å². The van der Waals surface area contributed by atoms with Crippen molar-refractivity contribution in [3.8, 4) is 0 Å². The Morgan fingerprint density at radius 3 is 1.03 bits per heavy atom. The van der Waals surface area contributed by atoms with E-state index < -0.39 is 0 Å². The van der Waals surface area contributed by atoms with Gasteiger partial charge in [-0.25, -0.2) is 0 Å². The Kier molecular flexibility index (Phi) is 38.5. The summed E-state index contributed by atoms with van der Waals surface area (Å²) < 4.78 is 0. The molecule has 0 saturated carbocycles. The number of unbranched alkanes of at least 4 members (excludes halogenated alkanes) is 1. The summed E-state index contributed by atoms with van der Waals surface area (Å²) in [6, 6.07) is 0. The molecule has 0 heterocycles. The van der Waals surface area contributed by atoms with Crippen LogP contribution in [-0.2, 0) is 0 Å². The van der Waals surface area contributed by atoms with Crippen molar-refractivity contribution in [3.05, 3.63) is 0 Å². The van der Waals surface area contributed by atoms with Gasteiger partial charge >= 0.3 is 0 Å². The first kappa shape index (κ1) is 37.1. The van der Waals surface area contributed by atoms with Gasteiger partial charge in [-0.05, 0) is 25.7 Å². The van der Waals surface area contributed by atoms with Crippen molar-refractivity contribution >= 4 is 29.2 Å². The van der Waals surface area contributed by atoms with E-state index in [0.29, 0.717) is 18.2 Å². The van der Waals surface area contributed by atoms with Crippen LogP contribution in [0.5, 0.6) is 0 Å². The van der Waals surface area contributed by atoms with E-state index in [1.165, 1.54) is 6.92 Å². The number of nitrogens with one attached hydrogen (secondary N) is 5. The lowest BCUT2D eigenvalue weighted by molar-refractivity contribution is 0.679. The average Bonchev–Trinajstić information content (AvgIpc) is 2.52. The molecular weight excluding hydrogens is 368 g/mol. The van der Waals surface area contributed by atoms with E-state index in [1.807, 2.05) is 27.7 Å². The van der Waals surface area contributed by atoms with E-state index in [1.54, 1.807) is 0 Å². The van der Waals surface area contributed by atoms with E-state index in [4.69, 9.17) is 55.7 Å². The van der Waals surface area contributed by atoms with Crippen LogP contribution in [-0.4, -0.2) is 29.2 Å². The van der Waals surface area contributed by atoms with E-state index in [-0.39, 0.29) is 23.3 Å². The maximum absolute atomic E-state index is 6.80. The molecule has 0 atom stereocenters. The summed E-state index contributed by atoms with van der Waals surface area (Å²) in [6.45, 7) is 11.6. The van der Waals surface area contributed by atoms with Crippen LogP contribution in [0, 0.1) is 33.0 Å². The molecule has 10 heteroatoms. The first-order valence-corrected chi connectivity index (χ1v) is 9.79. The average molecular weight is 417 g/mol. The normalized spacial score (nSPS) is 8.24. The lowest BCUT2D eigenvalue weighted by Crippen LogP contribution is -2.11. The highest BCUT2D eigenvalue weighted by molar-refractivity contribution is 5.77. The Morgan fingerprint density at radius 1 is 0.655 bits per heavy atom. The molecular formula is C19H48N10. The molecule has 0 aromatic carbocycles. The Hall–Kier alpha value is -2.65. The highest BCUT2D eigenvalue weighted by atomic mass is 14.7. The summed E-state index contributed by atoms with van der Waals surface area (Å²) in [4.78, 5) is 0. The standard InChI is InChI=1S/2C5H12N2.C4H10N2.C3H8N2.C2H6N2/c1-4(2)3-5(6)7;1-2-3-4-5(6)7;1-2-3-4(5)6;1-2-3(4)5;1-2(3)4/h4H,3H2,1-2H3,(H3,6,7);2-4H2,1H3,(H3,6,7);2-3H2,1H3,(H3,5,6);2H2,1H3,(H3,4,5);1H3,(H3,3,4). The number of hydrogen-bond donors (Lipinski definition) is 10. The molecule has 0 aromatic rings. The second kappa shape index (κ2) is 30.1. The van der Waals surface area contributed by atoms with Crippen molar-refractivity contribution in [1.29, 1.82) is 27.0 Å². The van der Waals surface area contributed by atoms with Crippen LogP contribution in [0.25, 0.3) is 0 Å². The highest BCUT2D eigenvalue weighted by Gasteiger charge is 1.92. The van der Waals surface area contributed by atoms with Crippen LogP contribution >= 0.6 is 0 Å². The van der Waals surface area contributed by atoms with Gasteiger partial charge in [0.05, 0.1) is 29.2 Å². The number of amidine groups is 5. The summed E-state index contributed by atoms with van der Waals surface area (Å²) in [6.07, 6.45) is 6.04. The smallest absolute Gasteiger partial charge is 0.0907 e. The molecule has 0 amide bonds. The van der Waals surface area contributed by atoms with Crippen molar-refractivity contribution in [2.75, 3.05) is 0 Å². The van der Waals surface area contributed by atoms with Crippen molar-refractivity contribution < 1.29 is 0 Å². The molecule has 15 N–H and O–H groups in total. The monoisotopic (exact) mass is 416 g/mol. The molecule has 29 heavy (non-hydrogen) atoms. The predicted molar refractivity (Wildman–Crippen MR) is 129 cm³/mol. The minimum atomic E-state index is 0.167. The van der Waals surface area contributed by atoms with Crippen LogP contribution in [0.2, 0.25) is 0 Å². The molecule has 0 fully saturated rings. The Balaban J connectivity index is -0.0000000840. The molecule has 0 spiro atoms. The fourth-order valence-electron chi connectivity index (χ4n) is 1.08. The summed E-state index contributed by atoms with van der Waals surface area (Å²) in [5.74, 6) is 1.83. The molecule has 0 aromatic heterocycles. The third kappa shape index (κ3) is 129. The first-order valence-electron chi connectivity index (χ1n) is 9.79. The van der Waals surface area contributed by atoms with E-state index in [9.17, 15) is 0 Å². The maximum Gasteiger partial charge on any atom is 0.0907 e. The first-order chi connectivity index (χ1) is 13.2. The highest BCUT2D eigenvalue weighted by Crippen LogP contribution is 1.95. The molecule has 0 aliphatic carbocycles. The molecule has 0 saturated heterocycles. The van der Waals surface area contributed by atoms with E-state index >= 15 is 0 Å². The summed E-state index contributed by atoms with van der Waals surface area (Å²) in [5, 5.41) is 33.0. The minimum Gasteiger partial charge on any atom is -0.388 e. The van der Waals surface area contributed by atoms with Gasteiger partial charge < -0.3 is 28.7 Å². The van der Waals surface area contributed by atoms with Crippen LogP contribution in [0.3, 0.4) is 0 Å². The molecule has 0 aliphatic heterocycles. The molecule has 174 valence electrons. The summed E-state index contributed by atoms with van der Waals surface area (Å²) >= 11 is 0. The number of hydrogen-bond acceptors (Lipinski definition) is 5. The molecule has 0 aliphatic rings. The third-order valence-electron chi connectivity index (χ3n) is 2.33. The van der Waals surface area contributed by atoms with Gasteiger partial charge in [0.15, 0.2) is 0 Å². The molecule has 0 unspecified atom stereocenters. The van der Waals surface area contributed by atoms with Crippen molar-refractivity contribution in [1.82, 2.24) is 0 Å². The molecule has 0 rings (SSSR count). The second-order valence-corrected chi connectivity index (χ2v) is 6.59. The van der Waals surface area contributed by atoms with Crippen LogP contribution < -0.4 is 28.7 Å². The van der Waals surface area contributed by atoms with Crippen LogP contribution in [0.15, 0.2) is 0 Å². The topological polar surface area (TPSA) is 249 Å². The third-order valence-corrected chi connectivity index (χ3v) is 2.33. The zero-order valence-electron chi connectivity index (χ0n) is 19.4. The molecule has 0 radical (unpaired) electrons. The fourth-order valence-corrected chi connectivity index (χ4v) is 1.08. The predicted octanol–water partition coefficient (Wildman–Crippen LogP) is 3.08. The minimum absolute atomic E-state index is 0.167. The van der Waals surface area contributed by atoms with E-state index in [0.717, 1.165) is 38.5 Å². The van der Waals surface area contributed by atoms with Gasteiger partial charge in [-0.2, -0.15) is 0 Å². The maximum atomic E-state index is 6.80.